The number of fused-ring (bicyclic) bond motifs is 3. The molecule has 27 heavy (non-hydrogen) atoms. The van der Waals surface area contributed by atoms with Gasteiger partial charge in [0.25, 0.3) is 0 Å². The molecule has 1 heterocycles. The number of rotatable bonds is 3. The monoisotopic (exact) mass is 364 g/mol. The van der Waals surface area contributed by atoms with Crippen LogP contribution >= 0.6 is 0 Å². The van der Waals surface area contributed by atoms with Crippen molar-refractivity contribution in [1.29, 1.82) is 0 Å². The lowest BCUT2D eigenvalue weighted by Gasteiger charge is -2.34. The Morgan fingerprint density at radius 3 is 2.89 bits per heavy atom. The van der Waals surface area contributed by atoms with E-state index in [1.807, 2.05) is 48.2 Å². The molecule has 0 spiro atoms. The van der Waals surface area contributed by atoms with E-state index >= 15 is 0 Å². The zero-order valence-electron chi connectivity index (χ0n) is 15.1. The highest BCUT2D eigenvalue weighted by Gasteiger charge is 2.26. The van der Waals surface area contributed by atoms with Crippen LogP contribution in [-0.2, 0) is 11.2 Å². The average Bonchev–Trinajstić information content (AvgIpc) is 2.64. The van der Waals surface area contributed by atoms with Crippen molar-refractivity contribution >= 4 is 28.1 Å². The fourth-order valence-electron chi connectivity index (χ4n) is 3.74. The number of aliphatic hydroxyl groups is 1. The van der Waals surface area contributed by atoms with Gasteiger partial charge < -0.3 is 15.3 Å². The highest BCUT2D eigenvalue weighted by atomic mass is 19.1. The van der Waals surface area contributed by atoms with Crippen molar-refractivity contribution in [3.05, 3.63) is 71.5 Å². The molecule has 0 bridgehead atoms. The largest absolute Gasteiger partial charge is 0.391 e. The Labute approximate surface area is 157 Å². The van der Waals surface area contributed by atoms with Gasteiger partial charge in [-0.25, -0.2) is 4.39 Å². The molecule has 3 aromatic carbocycles. The first-order valence-electron chi connectivity index (χ1n) is 9.01. The molecule has 138 valence electrons. The zero-order valence-corrected chi connectivity index (χ0v) is 15.1. The van der Waals surface area contributed by atoms with Crippen LogP contribution in [0.4, 0.5) is 15.8 Å². The van der Waals surface area contributed by atoms with Gasteiger partial charge in [0.2, 0.25) is 5.91 Å². The molecule has 4 rings (SSSR count). The highest BCUT2D eigenvalue weighted by Crippen LogP contribution is 2.35. The minimum absolute atomic E-state index is 0.0913. The molecule has 1 aliphatic rings. The van der Waals surface area contributed by atoms with E-state index in [0.717, 1.165) is 27.6 Å². The number of carbonyl (C=O) groups excluding carboxylic acids is 1. The molecule has 5 heteroatoms. The summed E-state index contributed by atoms with van der Waals surface area (Å²) in [5, 5.41) is 15.2. The van der Waals surface area contributed by atoms with Crippen molar-refractivity contribution in [3.8, 4) is 0 Å². The first-order valence-corrected chi connectivity index (χ1v) is 9.01. The van der Waals surface area contributed by atoms with Crippen LogP contribution in [0.15, 0.2) is 54.6 Å². The van der Waals surface area contributed by atoms with Crippen LogP contribution in [0.1, 0.15) is 11.1 Å². The quantitative estimate of drug-likeness (QED) is 0.746. The van der Waals surface area contributed by atoms with Gasteiger partial charge in [0.05, 0.1) is 12.6 Å². The van der Waals surface area contributed by atoms with Crippen molar-refractivity contribution < 1.29 is 14.3 Å². The van der Waals surface area contributed by atoms with Gasteiger partial charge in [-0.05, 0) is 35.6 Å². The van der Waals surface area contributed by atoms with Gasteiger partial charge in [-0.1, -0.05) is 42.5 Å². The molecule has 1 atom stereocenters. The number of nitrogens with zero attached hydrogens (tertiary/aromatic N) is 1. The van der Waals surface area contributed by atoms with Crippen LogP contribution in [0.5, 0.6) is 0 Å². The highest BCUT2D eigenvalue weighted by molar-refractivity contribution is 6.00. The van der Waals surface area contributed by atoms with Gasteiger partial charge in [0.15, 0.2) is 0 Å². The van der Waals surface area contributed by atoms with Gasteiger partial charge >= 0.3 is 0 Å². The molecule has 3 aromatic rings. The Morgan fingerprint density at radius 1 is 1.22 bits per heavy atom. The van der Waals surface area contributed by atoms with Crippen LogP contribution in [-0.4, -0.2) is 30.2 Å². The Morgan fingerprint density at radius 2 is 2.04 bits per heavy atom. The Hall–Kier alpha value is -2.92. The second-order valence-corrected chi connectivity index (χ2v) is 7.04. The van der Waals surface area contributed by atoms with Crippen LogP contribution < -0.4 is 10.2 Å². The maximum atomic E-state index is 13.5. The van der Waals surface area contributed by atoms with Crippen LogP contribution in [0.25, 0.3) is 10.8 Å². The topological polar surface area (TPSA) is 52.6 Å². The molecule has 4 nitrogen and oxygen atoms in total. The Kier molecular flexibility index (Phi) is 4.54. The van der Waals surface area contributed by atoms with Gasteiger partial charge in [0, 0.05) is 29.7 Å². The van der Waals surface area contributed by atoms with E-state index in [2.05, 4.69) is 5.32 Å². The first-order chi connectivity index (χ1) is 13.0. The molecule has 0 saturated carbocycles. The van der Waals surface area contributed by atoms with E-state index in [-0.39, 0.29) is 18.3 Å². The van der Waals surface area contributed by atoms with Crippen molar-refractivity contribution in [2.45, 2.75) is 19.4 Å². The third-order valence-electron chi connectivity index (χ3n) is 5.00. The summed E-state index contributed by atoms with van der Waals surface area (Å²) in [6, 6.07) is 16.4. The molecule has 0 radical (unpaired) electrons. The van der Waals surface area contributed by atoms with Crippen LogP contribution in [0.2, 0.25) is 0 Å². The first kappa shape index (κ1) is 17.5. The predicted octanol–water partition coefficient (Wildman–Crippen LogP) is 3.65. The number of aliphatic hydroxyl groups excluding tert-OH is 1. The van der Waals surface area contributed by atoms with Crippen molar-refractivity contribution in [3.63, 3.8) is 0 Å². The molecule has 0 fully saturated rings. The molecule has 1 aliphatic heterocycles. The van der Waals surface area contributed by atoms with Gasteiger partial charge in [-0.2, -0.15) is 0 Å². The third-order valence-corrected chi connectivity index (χ3v) is 5.00. The molecule has 0 saturated heterocycles. The number of aryl methyl sites for hydroxylation is 1. The van der Waals surface area contributed by atoms with E-state index in [1.165, 1.54) is 12.1 Å². The number of hydrogen-bond acceptors (Lipinski definition) is 3. The Bertz CT molecular complexity index is 1020. The van der Waals surface area contributed by atoms with Gasteiger partial charge in [-0.3, -0.25) is 4.79 Å². The summed E-state index contributed by atoms with van der Waals surface area (Å²) in [5.74, 6) is -0.627. The summed E-state index contributed by atoms with van der Waals surface area (Å²) in [4.78, 5) is 14.6. The number of hydrogen-bond donors (Lipinski definition) is 2. The van der Waals surface area contributed by atoms with Crippen molar-refractivity contribution in [2.24, 2.45) is 0 Å². The number of β-amino-alcohol motifs (C(OH)–C–C–N with tert-alkyl or cyclic N) is 1. The van der Waals surface area contributed by atoms with E-state index in [4.69, 9.17) is 0 Å². The van der Waals surface area contributed by atoms with Crippen LogP contribution in [0.3, 0.4) is 0 Å². The molecule has 1 unspecified atom stereocenters. The number of halogens is 1. The van der Waals surface area contributed by atoms with E-state index in [1.54, 1.807) is 6.07 Å². The van der Waals surface area contributed by atoms with E-state index in [0.29, 0.717) is 18.7 Å². The fourth-order valence-corrected chi connectivity index (χ4v) is 3.74. The average molecular weight is 364 g/mol. The summed E-state index contributed by atoms with van der Waals surface area (Å²) in [6.07, 6.45) is 0.0451. The smallest absolute Gasteiger partial charge is 0.243 e. The number of carbonyl (C=O) groups is 1. The van der Waals surface area contributed by atoms with E-state index < -0.39 is 6.10 Å². The number of anilines is 2. The SMILES string of the molecule is Cc1ccc(F)cc1NC(=O)CN1CC(O)Cc2ccc3ccccc3c21. The molecule has 0 aliphatic carbocycles. The second kappa shape index (κ2) is 7.00. The van der Waals surface area contributed by atoms with Crippen molar-refractivity contribution in [2.75, 3.05) is 23.3 Å². The molecule has 1 amide bonds. The summed E-state index contributed by atoms with van der Waals surface area (Å²) in [6.45, 7) is 2.30. The lowest BCUT2D eigenvalue weighted by Crippen LogP contribution is -2.43. The molecular weight excluding hydrogens is 343 g/mol. The van der Waals surface area contributed by atoms with Crippen molar-refractivity contribution in [1.82, 2.24) is 0 Å². The zero-order chi connectivity index (χ0) is 19.0. The number of nitrogens with one attached hydrogen (secondary N) is 1. The standard InChI is InChI=1S/C22H21FN2O2/c1-14-6-9-17(23)11-20(14)24-21(27)13-25-12-18(26)10-16-8-7-15-4-2-3-5-19(15)22(16)25/h2-9,11,18,26H,10,12-13H2,1H3,(H,24,27). The predicted molar refractivity (Wildman–Crippen MR) is 106 cm³/mol. The number of amides is 1. The molecular formula is C22H21FN2O2. The lowest BCUT2D eigenvalue weighted by atomic mass is 9.95. The summed E-state index contributed by atoms with van der Waals surface area (Å²) in [5.41, 5.74) is 3.29. The minimum atomic E-state index is -0.526. The normalized spacial score (nSPS) is 16.3. The minimum Gasteiger partial charge on any atom is -0.391 e. The third kappa shape index (κ3) is 3.51. The maximum absolute atomic E-state index is 13.5. The summed E-state index contributed by atoms with van der Waals surface area (Å²) >= 11 is 0. The fraction of sp³-hybridized carbons (Fsp3) is 0.227. The second-order valence-electron chi connectivity index (χ2n) is 7.04. The molecule has 2 N–H and O–H groups in total. The van der Waals surface area contributed by atoms with Gasteiger partial charge in [0.1, 0.15) is 5.82 Å². The Balaban J connectivity index is 1.64. The lowest BCUT2D eigenvalue weighted by molar-refractivity contribution is -0.115. The van der Waals surface area contributed by atoms with Crippen LogP contribution in [0, 0.1) is 12.7 Å². The van der Waals surface area contributed by atoms with E-state index in [9.17, 15) is 14.3 Å². The summed E-state index contributed by atoms with van der Waals surface area (Å²) < 4.78 is 13.5. The summed E-state index contributed by atoms with van der Waals surface area (Å²) in [7, 11) is 0. The maximum Gasteiger partial charge on any atom is 0.243 e. The number of benzene rings is 3. The van der Waals surface area contributed by atoms with Gasteiger partial charge in [-0.15, -0.1) is 0 Å². The molecule has 0 aromatic heterocycles.